The first-order valence-electron chi connectivity index (χ1n) is 9.62. The van der Waals surface area contributed by atoms with Gasteiger partial charge in [0.15, 0.2) is 12.5 Å². The van der Waals surface area contributed by atoms with Gasteiger partial charge in [0, 0.05) is 38.4 Å². The van der Waals surface area contributed by atoms with Crippen LogP contribution in [0.1, 0.15) is 12.6 Å². The molecule has 154 valence electrons. The number of carbonyl (C=O) groups is 1. The third kappa shape index (κ3) is 3.23. The molecule has 3 atom stereocenters. The molecule has 0 aliphatic carbocycles. The number of carbonyl (C=O) groups excluding carboxylic acids is 1. The number of hydrogen-bond acceptors (Lipinski definition) is 5. The van der Waals surface area contributed by atoms with Crippen LogP contribution in [-0.2, 0) is 17.8 Å². The van der Waals surface area contributed by atoms with E-state index in [4.69, 9.17) is 16.3 Å². The highest BCUT2D eigenvalue weighted by Crippen LogP contribution is 2.36. The zero-order valence-corrected chi connectivity index (χ0v) is 16.9. The minimum Gasteiger partial charge on any atom is -0.357 e. The highest BCUT2D eigenvalue weighted by molar-refractivity contribution is 6.31. The van der Waals surface area contributed by atoms with Gasteiger partial charge in [0.1, 0.15) is 5.82 Å². The normalized spacial score (nSPS) is 26.8. The van der Waals surface area contributed by atoms with E-state index in [0.29, 0.717) is 25.3 Å². The van der Waals surface area contributed by atoms with Gasteiger partial charge in [-0.2, -0.15) is 5.10 Å². The lowest BCUT2D eigenvalue weighted by molar-refractivity contribution is 0.0865. The molecular formula is C19H22ClFN6O2. The summed E-state index contributed by atoms with van der Waals surface area (Å²) in [7, 11) is 1.81. The number of hydrogen-bond donors (Lipinski definition) is 1. The second-order valence-electron chi connectivity index (χ2n) is 7.76. The number of aromatic nitrogens is 2. The summed E-state index contributed by atoms with van der Waals surface area (Å²) >= 11 is 5.86. The van der Waals surface area contributed by atoms with E-state index in [-0.39, 0.29) is 29.6 Å². The number of benzene rings is 1. The van der Waals surface area contributed by atoms with Crippen molar-refractivity contribution in [3.63, 3.8) is 0 Å². The topological polar surface area (TPSA) is 69.2 Å². The molecule has 2 unspecified atom stereocenters. The minimum atomic E-state index is -0.446. The molecule has 3 aliphatic heterocycles. The molecule has 8 nitrogen and oxygen atoms in total. The summed E-state index contributed by atoms with van der Waals surface area (Å²) in [6, 6.07) is 4.75. The number of urea groups is 1. The van der Waals surface area contributed by atoms with Crippen molar-refractivity contribution in [1.29, 1.82) is 0 Å². The molecule has 0 radical (unpaired) electrons. The Morgan fingerprint density at radius 3 is 2.90 bits per heavy atom. The largest absolute Gasteiger partial charge is 0.357 e. The molecule has 10 heteroatoms. The fraction of sp³-hybridized carbons (Fsp3) is 0.474. The van der Waals surface area contributed by atoms with Gasteiger partial charge < -0.3 is 15.0 Å². The predicted molar refractivity (Wildman–Crippen MR) is 106 cm³/mol. The Labute approximate surface area is 172 Å². The molecule has 2 amide bonds. The van der Waals surface area contributed by atoms with Crippen molar-refractivity contribution in [1.82, 2.24) is 19.6 Å². The molecule has 4 heterocycles. The molecule has 3 aliphatic rings. The zero-order chi connectivity index (χ0) is 20.3. The Bertz CT molecular complexity index is 968. The van der Waals surface area contributed by atoms with Crippen LogP contribution in [-0.4, -0.2) is 64.2 Å². The summed E-state index contributed by atoms with van der Waals surface area (Å²) in [5, 5.41) is 7.82. The van der Waals surface area contributed by atoms with Crippen molar-refractivity contribution in [3.05, 3.63) is 40.9 Å². The molecule has 2 saturated heterocycles. The lowest BCUT2D eigenvalue weighted by Crippen LogP contribution is -2.44. The van der Waals surface area contributed by atoms with Crippen molar-refractivity contribution in [2.24, 2.45) is 0 Å². The summed E-state index contributed by atoms with van der Waals surface area (Å²) in [4.78, 5) is 18.2. The third-order valence-electron chi connectivity index (χ3n) is 5.79. The number of nitrogens with zero attached hydrogens (tertiary/aromatic N) is 5. The van der Waals surface area contributed by atoms with Crippen molar-refractivity contribution in [3.8, 4) is 0 Å². The van der Waals surface area contributed by atoms with Crippen LogP contribution in [0.15, 0.2) is 24.4 Å². The summed E-state index contributed by atoms with van der Waals surface area (Å²) in [5.41, 5.74) is 2.60. The van der Waals surface area contributed by atoms with Gasteiger partial charge in [-0.1, -0.05) is 11.6 Å². The molecule has 1 aromatic heterocycles. The SMILES string of the molecule is C[C@H]1Cn2ncc(N3CCN(C)C3=O)c2CN1C1OC1Nc1ccc(F)c(Cl)c1. The highest BCUT2D eigenvalue weighted by atomic mass is 35.5. The van der Waals surface area contributed by atoms with Crippen LogP contribution in [0.5, 0.6) is 0 Å². The fourth-order valence-corrected chi connectivity index (χ4v) is 4.23. The van der Waals surface area contributed by atoms with E-state index in [1.807, 2.05) is 11.7 Å². The van der Waals surface area contributed by atoms with Crippen LogP contribution < -0.4 is 10.2 Å². The van der Waals surface area contributed by atoms with Gasteiger partial charge >= 0.3 is 6.03 Å². The molecule has 1 aromatic carbocycles. The first kappa shape index (κ1) is 18.7. The van der Waals surface area contributed by atoms with E-state index in [9.17, 15) is 9.18 Å². The van der Waals surface area contributed by atoms with Gasteiger partial charge in [-0.25, -0.2) is 9.18 Å². The number of likely N-dealkylation sites (N-methyl/N-ethyl adjacent to an activating group) is 1. The van der Waals surface area contributed by atoms with Crippen LogP contribution >= 0.6 is 11.6 Å². The van der Waals surface area contributed by atoms with E-state index in [0.717, 1.165) is 17.9 Å². The van der Waals surface area contributed by atoms with E-state index < -0.39 is 5.82 Å². The molecule has 0 bridgehead atoms. The second-order valence-corrected chi connectivity index (χ2v) is 8.16. The number of nitrogens with one attached hydrogen (secondary N) is 1. The van der Waals surface area contributed by atoms with Crippen LogP contribution in [0, 0.1) is 5.82 Å². The van der Waals surface area contributed by atoms with Gasteiger partial charge in [0.25, 0.3) is 0 Å². The molecule has 2 aromatic rings. The number of rotatable bonds is 4. The monoisotopic (exact) mass is 420 g/mol. The lowest BCUT2D eigenvalue weighted by atomic mass is 10.1. The Kier molecular flexibility index (Phi) is 4.41. The zero-order valence-electron chi connectivity index (χ0n) is 16.2. The third-order valence-corrected chi connectivity index (χ3v) is 6.08. The Hall–Kier alpha value is -2.36. The summed E-state index contributed by atoms with van der Waals surface area (Å²) in [6.45, 7) is 4.87. The van der Waals surface area contributed by atoms with E-state index in [1.165, 1.54) is 6.07 Å². The first-order valence-corrected chi connectivity index (χ1v) is 10.0. The summed E-state index contributed by atoms with van der Waals surface area (Å²) < 4.78 is 21.2. The highest BCUT2D eigenvalue weighted by Gasteiger charge is 2.48. The Balaban J connectivity index is 1.31. The second kappa shape index (κ2) is 6.86. The summed E-state index contributed by atoms with van der Waals surface area (Å²) in [5.74, 6) is -0.446. The fourth-order valence-electron chi connectivity index (χ4n) is 4.05. The molecule has 1 N–H and O–H groups in total. The first-order chi connectivity index (χ1) is 13.9. The Morgan fingerprint density at radius 2 is 2.17 bits per heavy atom. The smallest absolute Gasteiger partial charge is 0.324 e. The van der Waals surface area contributed by atoms with Crippen LogP contribution in [0.3, 0.4) is 0 Å². The molecular weight excluding hydrogens is 399 g/mol. The summed E-state index contributed by atoms with van der Waals surface area (Å²) in [6.07, 6.45) is 1.48. The molecule has 5 rings (SSSR count). The van der Waals surface area contributed by atoms with Crippen LogP contribution in [0.25, 0.3) is 0 Å². The van der Waals surface area contributed by atoms with Gasteiger partial charge in [-0.15, -0.1) is 0 Å². The number of fused-ring (bicyclic) bond motifs is 1. The maximum atomic E-state index is 13.4. The maximum Gasteiger partial charge on any atom is 0.324 e. The number of epoxide rings is 1. The number of anilines is 2. The van der Waals surface area contributed by atoms with Crippen molar-refractivity contribution in [2.75, 3.05) is 30.4 Å². The van der Waals surface area contributed by atoms with Gasteiger partial charge in [-0.3, -0.25) is 14.5 Å². The van der Waals surface area contributed by atoms with Crippen LogP contribution in [0.4, 0.5) is 20.6 Å². The Morgan fingerprint density at radius 1 is 1.34 bits per heavy atom. The molecule has 0 spiro atoms. The predicted octanol–water partition coefficient (Wildman–Crippen LogP) is 2.55. The quantitative estimate of drug-likeness (QED) is 0.770. The van der Waals surface area contributed by atoms with Gasteiger partial charge in [0.05, 0.1) is 29.1 Å². The van der Waals surface area contributed by atoms with E-state index in [2.05, 4.69) is 22.2 Å². The van der Waals surface area contributed by atoms with Crippen molar-refractivity contribution >= 4 is 29.0 Å². The molecule has 29 heavy (non-hydrogen) atoms. The van der Waals surface area contributed by atoms with Crippen molar-refractivity contribution in [2.45, 2.75) is 38.5 Å². The number of amides is 2. The van der Waals surface area contributed by atoms with E-state index in [1.54, 1.807) is 28.1 Å². The van der Waals surface area contributed by atoms with E-state index >= 15 is 0 Å². The standard InChI is InChI=1S/C19H22ClFN6O2/c1-11-9-27-16(15(8-22-27)25-6-5-24(2)19(25)28)10-26(11)18-17(29-18)23-12-3-4-14(21)13(20)7-12/h3-4,7-8,11,17-18,23H,5-6,9-10H2,1-2H3/t11-,17?,18?/m0/s1. The van der Waals surface area contributed by atoms with Gasteiger partial charge in [-0.05, 0) is 25.1 Å². The number of ether oxygens (including phenoxy) is 1. The average molecular weight is 421 g/mol. The average Bonchev–Trinajstić information content (AvgIpc) is 3.21. The van der Waals surface area contributed by atoms with Crippen LogP contribution in [0.2, 0.25) is 5.02 Å². The minimum absolute atomic E-state index is 0.00127. The lowest BCUT2D eigenvalue weighted by Gasteiger charge is -2.33. The maximum absolute atomic E-state index is 13.4. The number of halogens is 2. The molecule has 0 saturated carbocycles. The van der Waals surface area contributed by atoms with Crippen molar-refractivity contribution < 1.29 is 13.9 Å². The van der Waals surface area contributed by atoms with Gasteiger partial charge in [0.2, 0.25) is 0 Å². The molecule has 2 fully saturated rings.